The third kappa shape index (κ3) is 4.82. The second-order valence-electron chi connectivity index (χ2n) is 5.47. The smallest absolute Gasteiger partial charge is 0.255 e. The summed E-state index contributed by atoms with van der Waals surface area (Å²) in [7, 11) is 0. The minimum Gasteiger partial charge on any atom is -0.320 e. The van der Waals surface area contributed by atoms with Crippen LogP contribution in [-0.2, 0) is 0 Å². The Bertz CT molecular complexity index is 860. The molecule has 0 radical (unpaired) electrons. The third-order valence-electron chi connectivity index (χ3n) is 3.64. The van der Waals surface area contributed by atoms with E-state index in [0.29, 0.717) is 22.5 Å². The third-order valence-corrected chi connectivity index (χ3v) is 5.07. The highest BCUT2D eigenvalue weighted by atomic mass is 127. The first kappa shape index (κ1) is 18.8. The molecule has 0 aliphatic carbocycles. The number of benzene rings is 3. The van der Waals surface area contributed by atoms with E-state index in [1.807, 2.05) is 36.4 Å². The van der Waals surface area contributed by atoms with Gasteiger partial charge in [0.15, 0.2) is 0 Å². The molecule has 0 heterocycles. The van der Waals surface area contributed by atoms with Crippen molar-refractivity contribution in [2.24, 2.45) is 0 Å². The highest BCUT2D eigenvalue weighted by Crippen LogP contribution is 2.23. The molecule has 0 aliphatic heterocycles. The first-order chi connectivity index (χ1) is 12.5. The van der Waals surface area contributed by atoms with Crippen LogP contribution < -0.4 is 10.6 Å². The molecule has 0 bridgehead atoms. The van der Waals surface area contributed by atoms with Gasteiger partial charge in [0, 0.05) is 18.3 Å². The van der Waals surface area contributed by atoms with Crippen LogP contribution in [0.1, 0.15) is 20.7 Å². The molecule has 3 aromatic carbocycles. The maximum Gasteiger partial charge on any atom is 0.255 e. The van der Waals surface area contributed by atoms with Gasteiger partial charge < -0.3 is 10.6 Å². The zero-order valence-corrected chi connectivity index (χ0v) is 17.8. The highest BCUT2D eigenvalue weighted by Gasteiger charge is 2.12. The van der Waals surface area contributed by atoms with Crippen molar-refractivity contribution in [1.82, 2.24) is 0 Å². The molecule has 0 saturated carbocycles. The van der Waals surface area contributed by atoms with Crippen LogP contribution in [0.15, 0.2) is 72.8 Å². The molecule has 0 aromatic heterocycles. The summed E-state index contributed by atoms with van der Waals surface area (Å²) in [6.45, 7) is 0. The molecule has 2 N–H and O–H groups in total. The van der Waals surface area contributed by atoms with Gasteiger partial charge in [-0.2, -0.15) is 0 Å². The number of carbonyl (C=O) groups excluding carboxylic acids is 2. The van der Waals surface area contributed by atoms with Crippen molar-refractivity contribution in [3.05, 3.63) is 91.1 Å². The molecule has 3 rings (SSSR count). The van der Waals surface area contributed by atoms with Crippen molar-refractivity contribution in [3.8, 4) is 0 Å². The zero-order valence-electron chi connectivity index (χ0n) is 13.5. The predicted octanol–water partition coefficient (Wildman–Crippen LogP) is 5.40. The summed E-state index contributed by atoms with van der Waals surface area (Å²) in [4.78, 5) is 24.9. The topological polar surface area (TPSA) is 58.2 Å². The van der Waals surface area contributed by atoms with Crippen molar-refractivity contribution < 1.29 is 9.59 Å². The summed E-state index contributed by atoms with van der Waals surface area (Å²) in [6, 6.07) is 21.7. The number of rotatable bonds is 4. The summed E-state index contributed by atoms with van der Waals surface area (Å²) in [5.74, 6) is -0.449. The van der Waals surface area contributed by atoms with Gasteiger partial charge >= 0.3 is 0 Å². The van der Waals surface area contributed by atoms with Crippen molar-refractivity contribution >= 4 is 68.4 Å². The van der Waals surface area contributed by atoms with Gasteiger partial charge in [-0.1, -0.05) is 12.1 Å². The minimum absolute atomic E-state index is 0.225. The Morgan fingerprint density at radius 2 is 0.923 bits per heavy atom. The number of carbonyl (C=O) groups is 2. The summed E-state index contributed by atoms with van der Waals surface area (Å²) < 4.78 is 2.12. The van der Waals surface area contributed by atoms with E-state index in [9.17, 15) is 9.59 Å². The van der Waals surface area contributed by atoms with Crippen LogP contribution in [-0.4, -0.2) is 11.8 Å². The summed E-state index contributed by atoms with van der Waals surface area (Å²) in [5, 5.41) is 5.71. The van der Waals surface area contributed by atoms with E-state index in [1.165, 1.54) is 0 Å². The Morgan fingerprint density at radius 1 is 0.577 bits per heavy atom. The SMILES string of the molecule is O=C(Nc1ccccc1NC(=O)c1ccc(I)cc1)c1ccc(I)cc1. The average Bonchev–Trinajstić information content (AvgIpc) is 2.64. The minimum atomic E-state index is -0.225. The fourth-order valence-corrected chi connectivity index (χ4v) is 3.01. The molecular weight excluding hydrogens is 554 g/mol. The van der Waals surface area contributed by atoms with Gasteiger partial charge in [0.1, 0.15) is 0 Å². The Morgan fingerprint density at radius 3 is 1.27 bits per heavy atom. The van der Waals surface area contributed by atoms with Crippen LogP contribution in [0, 0.1) is 7.14 Å². The number of amides is 2. The zero-order chi connectivity index (χ0) is 18.5. The van der Waals surface area contributed by atoms with Crippen LogP contribution in [0.4, 0.5) is 11.4 Å². The average molecular weight is 568 g/mol. The fourth-order valence-electron chi connectivity index (χ4n) is 2.29. The van der Waals surface area contributed by atoms with Crippen LogP contribution in [0.25, 0.3) is 0 Å². The van der Waals surface area contributed by atoms with Crippen molar-refractivity contribution in [2.45, 2.75) is 0 Å². The van der Waals surface area contributed by atoms with E-state index in [2.05, 4.69) is 55.8 Å². The molecule has 6 heteroatoms. The maximum atomic E-state index is 12.4. The maximum absolute atomic E-state index is 12.4. The van der Waals surface area contributed by atoms with Gasteiger partial charge in [0.2, 0.25) is 0 Å². The lowest BCUT2D eigenvalue weighted by molar-refractivity contribution is 0.101. The molecule has 0 atom stereocenters. The normalized spacial score (nSPS) is 10.2. The highest BCUT2D eigenvalue weighted by molar-refractivity contribution is 14.1. The molecule has 130 valence electrons. The van der Waals surface area contributed by atoms with E-state index in [4.69, 9.17) is 0 Å². The van der Waals surface area contributed by atoms with Crippen LogP contribution in [0.3, 0.4) is 0 Å². The molecule has 4 nitrogen and oxygen atoms in total. The fraction of sp³-hybridized carbons (Fsp3) is 0. The first-order valence-electron chi connectivity index (χ1n) is 7.76. The summed E-state index contributed by atoms with van der Waals surface area (Å²) >= 11 is 4.38. The van der Waals surface area contributed by atoms with E-state index < -0.39 is 0 Å². The second kappa shape index (κ2) is 8.63. The quantitative estimate of drug-likeness (QED) is 0.415. The van der Waals surface area contributed by atoms with E-state index >= 15 is 0 Å². The largest absolute Gasteiger partial charge is 0.320 e. The Balaban J connectivity index is 1.77. The van der Waals surface area contributed by atoms with Gasteiger partial charge in [0.25, 0.3) is 11.8 Å². The van der Waals surface area contributed by atoms with Crippen molar-refractivity contribution in [3.63, 3.8) is 0 Å². The second-order valence-corrected chi connectivity index (χ2v) is 7.96. The Hall–Kier alpha value is -1.94. The van der Waals surface area contributed by atoms with Crippen LogP contribution in [0.5, 0.6) is 0 Å². The molecule has 0 saturated heterocycles. The predicted molar refractivity (Wildman–Crippen MR) is 121 cm³/mol. The van der Waals surface area contributed by atoms with Gasteiger partial charge in [0.05, 0.1) is 11.4 Å². The molecule has 0 spiro atoms. The number of anilines is 2. The standard InChI is InChI=1S/C20H14I2N2O2/c21-15-9-5-13(6-10-15)19(25)23-17-3-1-2-4-18(17)24-20(26)14-7-11-16(22)12-8-14/h1-12H,(H,23,25)(H,24,26). The monoisotopic (exact) mass is 568 g/mol. The van der Waals surface area contributed by atoms with Gasteiger partial charge in [-0.15, -0.1) is 0 Å². The number of hydrogen-bond donors (Lipinski definition) is 2. The van der Waals surface area contributed by atoms with Crippen molar-refractivity contribution in [2.75, 3.05) is 10.6 Å². The lowest BCUT2D eigenvalue weighted by Crippen LogP contribution is -2.16. The number of hydrogen-bond acceptors (Lipinski definition) is 2. The Kier molecular flexibility index (Phi) is 6.25. The number of para-hydroxylation sites is 2. The molecule has 0 fully saturated rings. The van der Waals surface area contributed by atoms with Crippen molar-refractivity contribution in [1.29, 1.82) is 0 Å². The molecule has 0 aliphatic rings. The van der Waals surface area contributed by atoms with Gasteiger partial charge in [-0.25, -0.2) is 0 Å². The van der Waals surface area contributed by atoms with E-state index in [-0.39, 0.29) is 11.8 Å². The van der Waals surface area contributed by atoms with E-state index in [1.54, 1.807) is 36.4 Å². The molecular formula is C20H14I2N2O2. The van der Waals surface area contributed by atoms with Crippen LogP contribution in [0.2, 0.25) is 0 Å². The van der Waals surface area contributed by atoms with E-state index in [0.717, 1.165) is 7.14 Å². The molecule has 2 amide bonds. The van der Waals surface area contributed by atoms with Crippen LogP contribution >= 0.6 is 45.2 Å². The van der Waals surface area contributed by atoms with Gasteiger partial charge in [-0.05, 0) is 106 Å². The molecule has 0 unspecified atom stereocenters. The molecule has 26 heavy (non-hydrogen) atoms. The van der Waals surface area contributed by atoms with Gasteiger partial charge in [-0.3, -0.25) is 9.59 Å². The Labute approximate surface area is 178 Å². The number of halogens is 2. The lowest BCUT2D eigenvalue weighted by Gasteiger charge is -2.12. The number of nitrogens with one attached hydrogen (secondary N) is 2. The summed E-state index contributed by atoms with van der Waals surface area (Å²) in [5.41, 5.74) is 2.22. The lowest BCUT2D eigenvalue weighted by atomic mass is 10.2. The summed E-state index contributed by atoms with van der Waals surface area (Å²) in [6.07, 6.45) is 0. The molecule has 3 aromatic rings. The first-order valence-corrected chi connectivity index (χ1v) is 9.91.